The summed E-state index contributed by atoms with van der Waals surface area (Å²) in [5.74, 6) is 2.04. The first kappa shape index (κ1) is 40.9. The van der Waals surface area contributed by atoms with E-state index in [4.69, 9.17) is 9.72 Å². The molecule has 5 nitrogen and oxygen atoms in total. The Morgan fingerprint density at radius 3 is 1.90 bits per heavy atom. The fourth-order valence-electron chi connectivity index (χ4n) is 8.13. The van der Waals surface area contributed by atoms with Gasteiger partial charge in [-0.1, -0.05) is 145 Å². The van der Waals surface area contributed by atoms with Crippen LogP contribution in [0.3, 0.4) is 0 Å². The van der Waals surface area contributed by atoms with Gasteiger partial charge < -0.3 is 19.1 Å². The van der Waals surface area contributed by atoms with Crippen LogP contribution in [0, 0.1) is 18.8 Å². The van der Waals surface area contributed by atoms with E-state index in [1.165, 1.54) is 22.3 Å². The molecule has 0 bridgehead atoms. The standard InChI is InChI=1S/C54H49N4O.Pt/c1-52(2,3)40-21-16-22-43(31-40)56-29-30-57(37-56)44-32-42(54(6,7)39-19-12-9-13-20-39)33-46(35-44)59-45-25-26-48-47-23-14-15-24-49(47)58(50(48)36-45)51-34-41(27-28-55-51)53(4,5)38-17-10-8-11-18-38;/h8-34,37H,1-7H3;/q-3;. The summed E-state index contributed by atoms with van der Waals surface area (Å²) in [5, 5.41) is 2.22. The zero-order valence-corrected chi connectivity index (χ0v) is 37.5. The Hall–Kier alpha value is -5.90. The second-order valence-electron chi connectivity index (χ2n) is 17.6. The minimum Gasteiger partial charge on any atom is -0.509 e. The van der Waals surface area contributed by atoms with Gasteiger partial charge in [-0.05, 0) is 81.2 Å². The van der Waals surface area contributed by atoms with Gasteiger partial charge in [-0.3, -0.25) is 0 Å². The summed E-state index contributed by atoms with van der Waals surface area (Å²) in [5.41, 5.74) is 9.49. The molecule has 0 saturated carbocycles. The van der Waals surface area contributed by atoms with Gasteiger partial charge in [0.15, 0.2) is 0 Å². The van der Waals surface area contributed by atoms with Crippen molar-refractivity contribution in [2.45, 2.75) is 64.7 Å². The van der Waals surface area contributed by atoms with Crippen molar-refractivity contribution in [3.05, 3.63) is 211 Å². The molecule has 0 spiro atoms. The van der Waals surface area contributed by atoms with E-state index in [2.05, 4.69) is 234 Å². The number of hydrogen-bond acceptors (Lipinski definition) is 4. The monoisotopic (exact) mass is 964 g/mol. The molecule has 0 amide bonds. The molecule has 304 valence electrons. The molecule has 0 aliphatic carbocycles. The van der Waals surface area contributed by atoms with Crippen LogP contribution in [-0.4, -0.2) is 9.55 Å². The van der Waals surface area contributed by atoms with Crippen molar-refractivity contribution in [2.24, 2.45) is 0 Å². The van der Waals surface area contributed by atoms with Crippen molar-refractivity contribution in [2.75, 3.05) is 9.80 Å². The van der Waals surface area contributed by atoms with Crippen molar-refractivity contribution >= 4 is 33.2 Å². The van der Waals surface area contributed by atoms with Crippen LogP contribution in [0.1, 0.15) is 76.3 Å². The van der Waals surface area contributed by atoms with Gasteiger partial charge in [-0.15, -0.1) is 53.6 Å². The first-order chi connectivity index (χ1) is 28.4. The van der Waals surface area contributed by atoms with Gasteiger partial charge in [0.05, 0.1) is 0 Å². The molecule has 1 aliphatic heterocycles. The average molecular weight is 965 g/mol. The number of para-hydroxylation sites is 1. The van der Waals surface area contributed by atoms with Crippen LogP contribution >= 0.6 is 0 Å². The average Bonchev–Trinajstić information content (AvgIpc) is 3.88. The Kier molecular flexibility index (Phi) is 10.9. The number of fused-ring (bicyclic) bond motifs is 3. The van der Waals surface area contributed by atoms with E-state index in [-0.39, 0.29) is 37.3 Å². The Morgan fingerprint density at radius 1 is 0.533 bits per heavy atom. The quantitative estimate of drug-likeness (QED) is 0.135. The Balaban J connectivity index is 0.00000499. The van der Waals surface area contributed by atoms with Crippen LogP contribution in [0.4, 0.5) is 11.4 Å². The Labute approximate surface area is 369 Å². The molecular formula is C54H49N4OPt-3. The van der Waals surface area contributed by atoms with Gasteiger partial charge in [0.1, 0.15) is 5.82 Å². The Bertz CT molecular complexity index is 2830. The number of anilines is 2. The number of nitrogens with zero attached hydrogens (tertiary/aromatic N) is 4. The van der Waals surface area contributed by atoms with Crippen LogP contribution in [0.2, 0.25) is 0 Å². The second-order valence-corrected chi connectivity index (χ2v) is 17.6. The molecule has 0 fully saturated rings. The first-order valence-corrected chi connectivity index (χ1v) is 20.4. The van der Waals surface area contributed by atoms with Crippen LogP contribution in [0.25, 0.3) is 27.6 Å². The number of rotatable bonds is 9. The molecule has 9 rings (SSSR count). The SMILES string of the molecule is CC(C)(C)c1cccc(N2C=CN(c3[c-]c(Oc4[c-]c5c(cc4)c4ccccc4n5-c4cc(C(C)(C)c5ccccc5)ccn4)cc(C(C)(C)c4ccccc4)c3)[CH-]2)c1.[Pt]. The number of ether oxygens (including phenoxy) is 1. The molecule has 0 N–H and O–H groups in total. The summed E-state index contributed by atoms with van der Waals surface area (Å²) in [4.78, 5) is 9.22. The fourth-order valence-corrected chi connectivity index (χ4v) is 8.13. The number of hydrogen-bond donors (Lipinski definition) is 0. The molecule has 1 aliphatic rings. The van der Waals surface area contributed by atoms with E-state index in [1.54, 1.807) is 0 Å². The van der Waals surface area contributed by atoms with Crippen molar-refractivity contribution in [3.63, 3.8) is 0 Å². The number of aromatic nitrogens is 2. The third-order valence-corrected chi connectivity index (χ3v) is 11.9. The molecule has 0 unspecified atom stereocenters. The predicted octanol–water partition coefficient (Wildman–Crippen LogP) is 13.4. The van der Waals surface area contributed by atoms with Gasteiger partial charge in [-0.25, -0.2) is 4.98 Å². The molecule has 0 atom stereocenters. The van der Waals surface area contributed by atoms with Crippen LogP contribution in [0.5, 0.6) is 11.5 Å². The molecule has 6 aromatic carbocycles. The van der Waals surface area contributed by atoms with E-state index >= 15 is 0 Å². The van der Waals surface area contributed by atoms with Gasteiger partial charge in [0.2, 0.25) is 0 Å². The maximum atomic E-state index is 6.82. The smallest absolute Gasteiger partial charge is 0.135 e. The van der Waals surface area contributed by atoms with E-state index in [1.807, 2.05) is 12.3 Å². The van der Waals surface area contributed by atoms with Crippen molar-refractivity contribution in [1.82, 2.24) is 9.55 Å². The van der Waals surface area contributed by atoms with Crippen molar-refractivity contribution in [3.8, 4) is 17.3 Å². The molecule has 2 aromatic heterocycles. The zero-order valence-electron chi connectivity index (χ0n) is 35.2. The third kappa shape index (κ3) is 7.68. The van der Waals surface area contributed by atoms with E-state index in [9.17, 15) is 0 Å². The zero-order chi connectivity index (χ0) is 40.9. The molecule has 8 aromatic rings. The summed E-state index contributed by atoms with van der Waals surface area (Å²) < 4.78 is 9.03. The molecular weight excluding hydrogens is 916 g/mol. The summed E-state index contributed by atoms with van der Waals surface area (Å²) >= 11 is 0. The summed E-state index contributed by atoms with van der Waals surface area (Å²) in [6.45, 7) is 17.9. The van der Waals surface area contributed by atoms with Crippen LogP contribution in [0.15, 0.2) is 164 Å². The fraction of sp³-hybridized carbons (Fsp3) is 0.185. The Morgan fingerprint density at radius 2 is 1.18 bits per heavy atom. The minimum absolute atomic E-state index is 0. The van der Waals surface area contributed by atoms with Crippen molar-refractivity contribution < 1.29 is 25.8 Å². The minimum atomic E-state index is -0.322. The van der Waals surface area contributed by atoms with Gasteiger partial charge >= 0.3 is 0 Å². The largest absolute Gasteiger partial charge is 0.509 e. The van der Waals surface area contributed by atoms with E-state index < -0.39 is 0 Å². The van der Waals surface area contributed by atoms with Gasteiger partial charge in [0, 0.05) is 55.4 Å². The van der Waals surface area contributed by atoms with Crippen molar-refractivity contribution in [1.29, 1.82) is 0 Å². The number of benzene rings is 6. The maximum Gasteiger partial charge on any atom is 0.135 e. The first-order valence-electron chi connectivity index (χ1n) is 20.4. The maximum absolute atomic E-state index is 6.82. The summed E-state index contributed by atoms with van der Waals surface area (Å²) in [6, 6.07) is 58.6. The van der Waals surface area contributed by atoms with E-state index in [0.717, 1.165) is 44.6 Å². The number of pyridine rings is 1. The summed E-state index contributed by atoms with van der Waals surface area (Å²) in [6.07, 6.45) is 6.09. The second kappa shape index (κ2) is 15.9. The topological polar surface area (TPSA) is 33.5 Å². The van der Waals surface area contributed by atoms with Gasteiger partial charge in [0.25, 0.3) is 0 Å². The van der Waals surface area contributed by atoms with Crippen LogP contribution in [-0.2, 0) is 37.3 Å². The van der Waals surface area contributed by atoms with Gasteiger partial charge in [-0.2, -0.15) is 6.07 Å². The molecule has 3 heterocycles. The molecule has 60 heavy (non-hydrogen) atoms. The van der Waals surface area contributed by atoms with E-state index in [0.29, 0.717) is 11.5 Å². The summed E-state index contributed by atoms with van der Waals surface area (Å²) in [7, 11) is 0. The van der Waals surface area contributed by atoms with Crippen LogP contribution < -0.4 is 14.5 Å². The molecule has 0 saturated heterocycles. The molecule has 6 heteroatoms. The predicted molar refractivity (Wildman–Crippen MR) is 243 cm³/mol. The normalized spacial score (nSPS) is 13.2. The molecule has 0 radical (unpaired) electrons. The third-order valence-electron chi connectivity index (χ3n) is 11.9.